The van der Waals surface area contributed by atoms with Crippen molar-refractivity contribution in [2.24, 2.45) is 0 Å². The Morgan fingerprint density at radius 3 is 2.72 bits per heavy atom. The maximum Gasteiger partial charge on any atom is 0.341 e. The van der Waals surface area contributed by atoms with Crippen molar-refractivity contribution in [1.29, 1.82) is 0 Å². The summed E-state index contributed by atoms with van der Waals surface area (Å²) in [6.07, 6.45) is 6.25. The molecule has 1 aromatic carbocycles. The molecular formula is C18H23Br3O4. The topological polar surface area (TPSA) is 55.8 Å². The lowest BCUT2D eigenvalue weighted by Crippen LogP contribution is -2.41. The lowest BCUT2D eigenvalue weighted by atomic mass is 9.86. The van der Waals surface area contributed by atoms with Gasteiger partial charge in [-0.2, -0.15) is 0 Å². The molecule has 1 aliphatic carbocycles. The highest BCUT2D eigenvalue weighted by Crippen LogP contribution is 2.36. The van der Waals surface area contributed by atoms with Crippen molar-refractivity contribution < 1.29 is 19.4 Å². The predicted octanol–water partition coefficient (Wildman–Crippen LogP) is 5.97. The molecule has 0 aromatic heterocycles. The largest absolute Gasteiger partial charge is 0.506 e. The minimum absolute atomic E-state index is 0.0939. The Morgan fingerprint density at radius 1 is 1.28 bits per heavy atom. The Balaban J connectivity index is 1.70. The number of ether oxygens (including phenoxy) is 2. The molecule has 140 valence electrons. The fourth-order valence-electron chi connectivity index (χ4n) is 2.90. The second-order valence-electron chi connectivity index (χ2n) is 6.50. The summed E-state index contributed by atoms with van der Waals surface area (Å²) in [6, 6.07) is 3.22. The van der Waals surface area contributed by atoms with Gasteiger partial charge in [-0.15, -0.1) is 0 Å². The zero-order valence-electron chi connectivity index (χ0n) is 14.2. The van der Waals surface area contributed by atoms with Crippen LogP contribution in [-0.2, 0) is 9.47 Å². The second-order valence-corrected chi connectivity index (χ2v) is 9.38. The molecule has 0 unspecified atom stereocenters. The van der Waals surface area contributed by atoms with E-state index < -0.39 is 5.97 Å². The molecule has 1 saturated carbocycles. The number of phenolic OH excluding ortho intramolecular Hbond substituents is 1. The van der Waals surface area contributed by atoms with Crippen LogP contribution in [0.2, 0.25) is 0 Å². The molecule has 0 heterocycles. The first-order chi connectivity index (χ1) is 11.8. The van der Waals surface area contributed by atoms with Crippen LogP contribution in [0.4, 0.5) is 0 Å². The molecule has 2 atom stereocenters. The van der Waals surface area contributed by atoms with Gasteiger partial charge in [0, 0.05) is 15.9 Å². The summed E-state index contributed by atoms with van der Waals surface area (Å²) in [4.78, 5) is 12.5. The maximum absolute atomic E-state index is 12.1. The number of hydrogen-bond donors (Lipinski definition) is 1. The monoisotopic (exact) mass is 540 g/mol. The number of rotatable bonds is 7. The van der Waals surface area contributed by atoms with Crippen LogP contribution in [0.1, 0.15) is 55.8 Å². The Kier molecular flexibility index (Phi) is 8.24. The fraction of sp³-hybridized carbons (Fsp3) is 0.611. The molecule has 2 rings (SSSR count). The summed E-state index contributed by atoms with van der Waals surface area (Å²) in [6.45, 7) is 3.13. The van der Waals surface area contributed by atoms with Crippen molar-refractivity contribution >= 4 is 53.8 Å². The van der Waals surface area contributed by atoms with Gasteiger partial charge in [-0.05, 0) is 60.7 Å². The van der Waals surface area contributed by atoms with Gasteiger partial charge in [0.25, 0.3) is 0 Å². The Bertz CT molecular complexity index is 608. The molecule has 25 heavy (non-hydrogen) atoms. The standard InChI is InChI=1S/C18H23Br3O4/c1-18(7-3-2-6-15(18)21)25-9-5-4-8-24-17(23)13-10-12(19)11-14(20)16(13)22/h10-11,15,22H,2-9H2,1H3/t15-,18-/m1/s1. The zero-order chi connectivity index (χ0) is 18.4. The van der Waals surface area contributed by atoms with E-state index in [-0.39, 0.29) is 16.9 Å². The molecule has 0 spiro atoms. The Labute approximate surface area is 174 Å². The molecule has 0 saturated heterocycles. The smallest absolute Gasteiger partial charge is 0.341 e. The number of benzene rings is 1. The van der Waals surface area contributed by atoms with Crippen LogP contribution in [0, 0.1) is 0 Å². The highest BCUT2D eigenvalue weighted by atomic mass is 79.9. The van der Waals surface area contributed by atoms with E-state index in [1.54, 1.807) is 12.1 Å². The van der Waals surface area contributed by atoms with Gasteiger partial charge in [-0.1, -0.05) is 44.7 Å². The van der Waals surface area contributed by atoms with Crippen molar-refractivity contribution in [2.45, 2.75) is 55.9 Å². The minimum Gasteiger partial charge on any atom is -0.506 e. The van der Waals surface area contributed by atoms with Crippen molar-refractivity contribution in [3.63, 3.8) is 0 Å². The molecule has 0 amide bonds. The average Bonchev–Trinajstić information content (AvgIpc) is 2.57. The number of unbranched alkanes of at least 4 members (excludes halogenated alkanes) is 1. The Morgan fingerprint density at radius 2 is 2.00 bits per heavy atom. The molecular weight excluding hydrogens is 520 g/mol. The van der Waals surface area contributed by atoms with Crippen molar-refractivity contribution in [1.82, 2.24) is 0 Å². The van der Waals surface area contributed by atoms with Crippen LogP contribution < -0.4 is 0 Å². The van der Waals surface area contributed by atoms with E-state index in [0.717, 1.165) is 25.7 Å². The quantitative estimate of drug-likeness (QED) is 0.262. The van der Waals surface area contributed by atoms with Crippen molar-refractivity contribution in [2.75, 3.05) is 13.2 Å². The van der Waals surface area contributed by atoms with Gasteiger partial charge in [0.1, 0.15) is 11.3 Å². The minimum atomic E-state index is -0.528. The highest BCUT2D eigenvalue weighted by Gasteiger charge is 2.35. The molecule has 1 fully saturated rings. The van der Waals surface area contributed by atoms with Crippen LogP contribution in [0.5, 0.6) is 5.75 Å². The van der Waals surface area contributed by atoms with Gasteiger partial charge in [0.05, 0.1) is 16.7 Å². The fourth-order valence-corrected chi connectivity index (χ4v) is 4.81. The van der Waals surface area contributed by atoms with Crippen LogP contribution in [0.3, 0.4) is 0 Å². The van der Waals surface area contributed by atoms with Gasteiger partial charge >= 0.3 is 5.97 Å². The third kappa shape index (κ3) is 5.94. The number of esters is 1. The van der Waals surface area contributed by atoms with E-state index in [4.69, 9.17) is 9.47 Å². The second kappa shape index (κ2) is 9.72. The lowest BCUT2D eigenvalue weighted by Gasteiger charge is -2.38. The van der Waals surface area contributed by atoms with E-state index >= 15 is 0 Å². The summed E-state index contributed by atoms with van der Waals surface area (Å²) in [5.41, 5.74) is 0.0536. The molecule has 7 heteroatoms. The number of carbonyl (C=O) groups excluding carboxylic acids is 1. The normalized spacial score (nSPS) is 23.4. The molecule has 4 nitrogen and oxygen atoms in total. The zero-order valence-corrected chi connectivity index (χ0v) is 19.0. The predicted molar refractivity (Wildman–Crippen MR) is 109 cm³/mol. The SMILES string of the molecule is C[C@@]1(OCCCCOC(=O)c2cc(Br)cc(Br)c2O)CCCC[C@H]1Br. The van der Waals surface area contributed by atoms with Gasteiger partial charge in [-0.3, -0.25) is 0 Å². The third-order valence-electron chi connectivity index (χ3n) is 4.50. The lowest BCUT2D eigenvalue weighted by molar-refractivity contribution is -0.0519. The summed E-state index contributed by atoms with van der Waals surface area (Å²) in [5.74, 6) is -0.634. The van der Waals surface area contributed by atoms with Gasteiger partial charge in [0.2, 0.25) is 0 Å². The van der Waals surface area contributed by atoms with Crippen LogP contribution >= 0.6 is 47.8 Å². The van der Waals surface area contributed by atoms with Gasteiger partial charge < -0.3 is 14.6 Å². The Hall–Kier alpha value is -0.110. The molecule has 0 aliphatic heterocycles. The summed E-state index contributed by atoms with van der Waals surface area (Å²) in [7, 11) is 0. The summed E-state index contributed by atoms with van der Waals surface area (Å²) < 4.78 is 12.5. The number of phenols is 1. The van der Waals surface area contributed by atoms with Gasteiger partial charge in [0.15, 0.2) is 0 Å². The van der Waals surface area contributed by atoms with Crippen LogP contribution in [0.25, 0.3) is 0 Å². The van der Waals surface area contributed by atoms with E-state index in [1.165, 1.54) is 12.8 Å². The van der Waals surface area contributed by atoms with E-state index in [0.29, 0.717) is 27.0 Å². The van der Waals surface area contributed by atoms with Crippen molar-refractivity contribution in [3.05, 3.63) is 26.6 Å². The van der Waals surface area contributed by atoms with E-state index in [1.807, 2.05) is 0 Å². The number of alkyl halides is 1. The van der Waals surface area contributed by atoms with E-state index in [2.05, 4.69) is 54.7 Å². The number of halogens is 3. The number of aromatic hydroxyl groups is 1. The highest BCUT2D eigenvalue weighted by molar-refractivity contribution is 9.11. The van der Waals surface area contributed by atoms with Crippen LogP contribution in [-0.4, -0.2) is 34.7 Å². The first-order valence-electron chi connectivity index (χ1n) is 8.46. The maximum atomic E-state index is 12.1. The first-order valence-corrected chi connectivity index (χ1v) is 11.0. The summed E-state index contributed by atoms with van der Waals surface area (Å²) in [5, 5.41) is 9.94. The summed E-state index contributed by atoms with van der Waals surface area (Å²) >= 11 is 10.2. The third-order valence-corrected chi connectivity index (χ3v) is 6.98. The molecule has 0 radical (unpaired) electrons. The first kappa shape index (κ1) is 21.2. The van der Waals surface area contributed by atoms with Crippen LogP contribution in [0.15, 0.2) is 21.1 Å². The molecule has 1 aromatic rings. The molecule has 1 N–H and O–H groups in total. The number of hydrogen-bond acceptors (Lipinski definition) is 4. The van der Waals surface area contributed by atoms with E-state index in [9.17, 15) is 9.90 Å². The van der Waals surface area contributed by atoms with Gasteiger partial charge in [-0.25, -0.2) is 4.79 Å². The molecule has 1 aliphatic rings. The number of carbonyl (C=O) groups is 1. The average molecular weight is 543 g/mol. The van der Waals surface area contributed by atoms with Crippen molar-refractivity contribution in [3.8, 4) is 5.75 Å². The molecule has 0 bridgehead atoms.